The number of nitrogens with one attached hydrogen (secondary N) is 1. The summed E-state index contributed by atoms with van der Waals surface area (Å²) in [6.45, 7) is 6.28. The maximum atomic E-state index is 13.1. The normalized spacial score (nSPS) is 14.1. The largest absolute Gasteiger partial charge is 0.458 e. The predicted molar refractivity (Wildman–Crippen MR) is 236 cm³/mol. The summed E-state index contributed by atoms with van der Waals surface area (Å²) in [4.78, 5) is 25.9. The number of amides is 1. The van der Waals surface area contributed by atoms with E-state index in [9.17, 15) is 19.8 Å². The molecule has 0 aromatic carbocycles. The Bertz CT molecular complexity index is 1040. The maximum absolute atomic E-state index is 13.1. The van der Waals surface area contributed by atoms with Crippen LogP contribution in [0.1, 0.15) is 201 Å². The molecule has 0 aliphatic rings. The third-order valence-corrected chi connectivity index (χ3v) is 9.80. The summed E-state index contributed by atoms with van der Waals surface area (Å²) in [5.41, 5.74) is 0. The van der Waals surface area contributed by atoms with Crippen LogP contribution in [0.25, 0.3) is 0 Å². The van der Waals surface area contributed by atoms with Crippen LogP contribution in [0.2, 0.25) is 0 Å². The van der Waals surface area contributed by atoms with Crippen molar-refractivity contribution in [3.63, 3.8) is 0 Å². The fraction of sp³-hybridized carbons (Fsp3) is 0.714. The Hall–Kier alpha value is -2.70. The Kier molecular flexibility index (Phi) is 40.4. The summed E-state index contributed by atoms with van der Waals surface area (Å²) in [6, 6.07) is -0.741. The molecule has 0 radical (unpaired) electrons. The summed E-state index contributed by atoms with van der Waals surface area (Å²) >= 11 is 0. The molecule has 0 saturated heterocycles. The van der Waals surface area contributed by atoms with Crippen molar-refractivity contribution in [2.24, 2.45) is 0 Å². The summed E-state index contributed by atoms with van der Waals surface area (Å²) in [7, 11) is 0. The van der Waals surface area contributed by atoms with Gasteiger partial charge in [-0.15, -0.1) is 0 Å². The molecule has 55 heavy (non-hydrogen) atoms. The van der Waals surface area contributed by atoms with Crippen LogP contribution in [-0.4, -0.2) is 46.9 Å². The highest BCUT2D eigenvalue weighted by Gasteiger charge is 2.23. The second-order valence-electron chi connectivity index (χ2n) is 15.1. The lowest BCUT2D eigenvalue weighted by molar-refractivity contribution is -0.148. The van der Waals surface area contributed by atoms with E-state index in [1.54, 1.807) is 6.08 Å². The highest BCUT2D eigenvalue weighted by molar-refractivity contribution is 5.78. The van der Waals surface area contributed by atoms with Gasteiger partial charge in [0.1, 0.15) is 6.10 Å². The molecule has 0 saturated carbocycles. The van der Waals surface area contributed by atoms with Gasteiger partial charge in [-0.05, 0) is 57.4 Å². The Morgan fingerprint density at radius 2 is 0.945 bits per heavy atom. The third-order valence-electron chi connectivity index (χ3n) is 9.80. The Morgan fingerprint density at radius 3 is 1.38 bits per heavy atom. The summed E-state index contributed by atoms with van der Waals surface area (Å²) < 4.78 is 5.78. The smallest absolute Gasteiger partial charge is 0.306 e. The molecular formula is C49H85NO5. The standard InChI is InChI=1S/C49H85NO5/c1-4-7-10-13-16-19-21-22-23-24-25-26-27-29-31-34-37-40-45(55-49(54)42-39-36-33-30-20-17-14-11-8-5-2)43-48(53)50-46(44-51)47(52)41-38-35-32-28-18-15-12-9-6-3/h7,10,16,19,22-23,25-26,29,31,37,40,45-47,51-52H,4-6,8-9,11-15,17-18,20-21,24,27-28,30,32-36,38-39,41-44H2,1-3H3,(H,50,53)/b10-7-,19-16-,23-22-,26-25-,31-29-,40-37-. The van der Waals surface area contributed by atoms with Crippen LogP contribution in [-0.2, 0) is 14.3 Å². The molecule has 0 aliphatic carbocycles. The van der Waals surface area contributed by atoms with Gasteiger partial charge < -0.3 is 20.3 Å². The van der Waals surface area contributed by atoms with Gasteiger partial charge >= 0.3 is 5.97 Å². The number of esters is 1. The number of carbonyl (C=O) groups is 2. The average Bonchev–Trinajstić information content (AvgIpc) is 3.18. The molecule has 0 aromatic heterocycles. The molecule has 1 amide bonds. The molecule has 6 nitrogen and oxygen atoms in total. The second-order valence-corrected chi connectivity index (χ2v) is 15.1. The molecular weight excluding hydrogens is 683 g/mol. The minimum Gasteiger partial charge on any atom is -0.458 e. The molecule has 316 valence electrons. The minimum absolute atomic E-state index is 0.0484. The first-order chi connectivity index (χ1) is 27.0. The highest BCUT2D eigenvalue weighted by Crippen LogP contribution is 2.15. The number of allylic oxidation sites excluding steroid dienone is 11. The van der Waals surface area contributed by atoms with E-state index < -0.39 is 18.2 Å². The fourth-order valence-electron chi connectivity index (χ4n) is 6.37. The molecule has 0 aliphatic heterocycles. The number of aliphatic hydroxyl groups is 2. The number of aliphatic hydroxyl groups excluding tert-OH is 2. The molecule has 3 atom stereocenters. The molecule has 0 heterocycles. The van der Waals surface area contributed by atoms with Crippen LogP contribution >= 0.6 is 0 Å². The first kappa shape index (κ1) is 52.3. The van der Waals surface area contributed by atoms with Gasteiger partial charge in [-0.3, -0.25) is 9.59 Å². The first-order valence-corrected chi connectivity index (χ1v) is 22.7. The van der Waals surface area contributed by atoms with Crippen molar-refractivity contribution in [2.45, 2.75) is 219 Å². The topological polar surface area (TPSA) is 95.9 Å². The quantitative estimate of drug-likeness (QED) is 0.0329. The van der Waals surface area contributed by atoms with Gasteiger partial charge in [0.25, 0.3) is 0 Å². The fourth-order valence-corrected chi connectivity index (χ4v) is 6.37. The molecule has 0 spiro atoms. The van der Waals surface area contributed by atoms with Gasteiger partial charge in [0.05, 0.1) is 25.2 Å². The molecule has 0 aromatic rings. The predicted octanol–water partition coefficient (Wildman–Crippen LogP) is 13.1. The molecule has 3 unspecified atom stereocenters. The zero-order valence-corrected chi connectivity index (χ0v) is 35.8. The van der Waals surface area contributed by atoms with E-state index in [0.717, 1.165) is 70.6 Å². The number of ether oxygens (including phenoxy) is 1. The van der Waals surface area contributed by atoms with Crippen molar-refractivity contribution >= 4 is 11.9 Å². The van der Waals surface area contributed by atoms with Crippen LogP contribution in [0.4, 0.5) is 0 Å². The van der Waals surface area contributed by atoms with E-state index in [4.69, 9.17) is 4.74 Å². The lowest BCUT2D eigenvalue weighted by atomic mass is 10.0. The van der Waals surface area contributed by atoms with Gasteiger partial charge in [0.15, 0.2) is 0 Å². The Balaban J connectivity index is 4.82. The van der Waals surface area contributed by atoms with Crippen LogP contribution in [0.3, 0.4) is 0 Å². The number of hydrogen-bond donors (Lipinski definition) is 3. The van der Waals surface area contributed by atoms with Crippen molar-refractivity contribution in [1.82, 2.24) is 5.32 Å². The second kappa shape index (κ2) is 42.4. The van der Waals surface area contributed by atoms with Crippen LogP contribution in [0.15, 0.2) is 72.9 Å². The average molecular weight is 768 g/mol. The number of unbranched alkanes of at least 4 members (excludes halogenated alkanes) is 17. The summed E-state index contributed by atoms with van der Waals surface area (Å²) in [5.74, 6) is -0.637. The van der Waals surface area contributed by atoms with Crippen LogP contribution < -0.4 is 5.32 Å². The van der Waals surface area contributed by atoms with E-state index in [2.05, 4.69) is 86.8 Å². The summed E-state index contributed by atoms with van der Waals surface area (Å²) in [5, 5.41) is 23.5. The lowest BCUT2D eigenvalue weighted by Gasteiger charge is -2.23. The van der Waals surface area contributed by atoms with Crippen molar-refractivity contribution in [3.8, 4) is 0 Å². The maximum Gasteiger partial charge on any atom is 0.306 e. The molecule has 3 N–H and O–H groups in total. The summed E-state index contributed by atoms with van der Waals surface area (Å²) in [6.07, 6.45) is 52.8. The molecule has 6 heteroatoms. The van der Waals surface area contributed by atoms with Crippen molar-refractivity contribution in [3.05, 3.63) is 72.9 Å². The molecule has 0 fully saturated rings. The van der Waals surface area contributed by atoms with E-state index in [1.807, 2.05) is 6.08 Å². The Labute approximate surface area is 339 Å². The van der Waals surface area contributed by atoms with E-state index in [-0.39, 0.29) is 24.9 Å². The lowest BCUT2D eigenvalue weighted by Crippen LogP contribution is -2.46. The van der Waals surface area contributed by atoms with E-state index in [1.165, 1.54) is 83.5 Å². The molecule has 0 rings (SSSR count). The highest BCUT2D eigenvalue weighted by atomic mass is 16.5. The van der Waals surface area contributed by atoms with Gasteiger partial charge in [-0.2, -0.15) is 0 Å². The van der Waals surface area contributed by atoms with Gasteiger partial charge in [-0.25, -0.2) is 0 Å². The van der Waals surface area contributed by atoms with E-state index >= 15 is 0 Å². The minimum atomic E-state index is -0.818. The SMILES string of the molecule is CC/C=C\C/C=C\C/C=C\C/C=C\C/C=C\C/C=C\C(CC(=O)NC(CO)C(O)CCCCCCCCCCC)OC(=O)CCCCCCCCCCCC. The first-order valence-electron chi connectivity index (χ1n) is 22.7. The van der Waals surface area contributed by atoms with Gasteiger partial charge in [-0.1, -0.05) is 203 Å². The number of carbonyl (C=O) groups excluding carboxylic acids is 2. The monoisotopic (exact) mass is 768 g/mol. The van der Waals surface area contributed by atoms with Crippen molar-refractivity contribution in [1.29, 1.82) is 0 Å². The van der Waals surface area contributed by atoms with Gasteiger partial charge in [0.2, 0.25) is 5.91 Å². The number of rotatable bonds is 39. The zero-order valence-electron chi connectivity index (χ0n) is 35.8. The third kappa shape index (κ3) is 38.0. The van der Waals surface area contributed by atoms with Crippen LogP contribution in [0.5, 0.6) is 0 Å². The van der Waals surface area contributed by atoms with Crippen molar-refractivity contribution < 1.29 is 24.5 Å². The van der Waals surface area contributed by atoms with Crippen LogP contribution in [0, 0.1) is 0 Å². The molecule has 0 bridgehead atoms. The number of hydrogen-bond acceptors (Lipinski definition) is 5. The zero-order chi connectivity index (χ0) is 40.3. The van der Waals surface area contributed by atoms with E-state index in [0.29, 0.717) is 19.3 Å². The van der Waals surface area contributed by atoms with Crippen molar-refractivity contribution in [2.75, 3.05) is 6.61 Å². The Morgan fingerprint density at radius 1 is 0.545 bits per heavy atom. The van der Waals surface area contributed by atoms with Gasteiger partial charge in [0, 0.05) is 6.42 Å².